The Balaban J connectivity index is 1.60. The molecule has 0 nitrogen and oxygen atoms in total. The van der Waals surface area contributed by atoms with Crippen molar-refractivity contribution in [2.24, 2.45) is 5.92 Å². The van der Waals surface area contributed by atoms with Crippen LogP contribution in [-0.2, 0) is 0 Å². The summed E-state index contributed by atoms with van der Waals surface area (Å²) >= 11 is 0. The van der Waals surface area contributed by atoms with Gasteiger partial charge >= 0.3 is 0 Å². The van der Waals surface area contributed by atoms with Gasteiger partial charge in [-0.2, -0.15) is 0 Å². The van der Waals surface area contributed by atoms with Crippen molar-refractivity contribution in [1.82, 2.24) is 0 Å². The van der Waals surface area contributed by atoms with Gasteiger partial charge in [0.2, 0.25) is 0 Å². The average molecular weight is 358 g/mol. The van der Waals surface area contributed by atoms with E-state index in [2.05, 4.69) is 30.3 Å². The first-order chi connectivity index (χ1) is 12.7. The minimum Gasteiger partial charge on any atom is -0.251 e. The topological polar surface area (TPSA) is 0 Å². The maximum Gasteiger partial charge on any atom is 0.263 e. The van der Waals surface area contributed by atoms with E-state index >= 15 is 0 Å². The number of hydrogen-bond acceptors (Lipinski definition) is 0. The Bertz CT molecular complexity index is 693. The minimum absolute atomic E-state index is 0.0581. The second-order valence-corrected chi connectivity index (χ2v) is 7.06. The zero-order chi connectivity index (χ0) is 18.4. The number of rotatable bonds is 6. The van der Waals surface area contributed by atoms with Crippen LogP contribution in [0.25, 0.3) is 11.1 Å². The van der Waals surface area contributed by atoms with E-state index in [1.807, 2.05) is 6.08 Å². The Labute approximate surface area is 153 Å². The van der Waals surface area contributed by atoms with Crippen LogP contribution >= 0.6 is 0 Å². The average Bonchev–Trinajstić information content (AvgIpc) is 2.69. The molecule has 3 heteroatoms. The number of benzene rings is 2. The summed E-state index contributed by atoms with van der Waals surface area (Å²) in [6.45, 7) is -0.275. The predicted octanol–water partition coefficient (Wildman–Crippen LogP) is 7.48. The van der Waals surface area contributed by atoms with E-state index in [0.29, 0.717) is 18.3 Å². The molecule has 0 spiro atoms. The van der Waals surface area contributed by atoms with Gasteiger partial charge in [-0.1, -0.05) is 60.7 Å². The van der Waals surface area contributed by atoms with Gasteiger partial charge in [0, 0.05) is 5.56 Å². The van der Waals surface area contributed by atoms with Crippen molar-refractivity contribution in [3.63, 3.8) is 0 Å². The van der Waals surface area contributed by atoms with Crippen LogP contribution in [0.2, 0.25) is 0 Å². The van der Waals surface area contributed by atoms with Crippen LogP contribution in [0.15, 0.2) is 60.7 Å². The van der Waals surface area contributed by atoms with E-state index in [0.717, 1.165) is 36.8 Å². The highest BCUT2D eigenvalue weighted by atomic mass is 19.3. The molecule has 0 aromatic heterocycles. The molecule has 26 heavy (non-hydrogen) atoms. The van der Waals surface area contributed by atoms with Crippen molar-refractivity contribution in [2.45, 2.75) is 44.4 Å². The first kappa shape index (κ1) is 18.8. The molecule has 0 saturated heterocycles. The van der Waals surface area contributed by atoms with Gasteiger partial charge < -0.3 is 0 Å². The number of halogens is 3. The van der Waals surface area contributed by atoms with Crippen molar-refractivity contribution >= 4 is 0 Å². The number of allylic oxidation sites excluding steroid dienone is 2. The van der Waals surface area contributed by atoms with Gasteiger partial charge in [0.25, 0.3) is 6.43 Å². The molecule has 0 N–H and O–H groups in total. The summed E-state index contributed by atoms with van der Waals surface area (Å²) in [5.41, 5.74) is 3.42. The molecule has 2 aromatic carbocycles. The fourth-order valence-corrected chi connectivity index (χ4v) is 3.77. The molecule has 0 unspecified atom stereocenters. The summed E-state index contributed by atoms with van der Waals surface area (Å²) in [6, 6.07) is 15.0. The Hall–Kier alpha value is -2.03. The molecule has 1 fully saturated rings. The summed E-state index contributed by atoms with van der Waals surface area (Å²) < 4.78 is 37.5. The quantitative estimate of drug-likeness (QED) is 0.470. The highest BCUT2D eigenvalue weighted by molar-refractivity contribution is 5.64. The predicted molar refractivity (Wildman–Crippen MR) is 101 cm³/mol. The maximum atomic E-state index is 12.7. The maximum absolute atomic E-state index is 12.7. The van der Waals surface area contributed by atoms with Crippen LogP contribution in [-0.4, -0.2) is 6.67 Å². The number of hydrogen-bond donors (Lipinski definition) is 0. The lowest BCUT2D eigenvalue weighted by Gasteiger charge is -2.27. The van der Waals surface area contributed by atoms with Gasteiger partial charge in [0.1, 0.15) is 0 Å². The molecule has 1 aliphatic rings. The van der Waals surface area contributed by atoms with Gasteiger partial charge in [-0.3, -0.25) is 4.39 Å². The second-order valence-electron chi connectivity index (χ2n) is 7.06. The van der Waals surface area contributed by atoms with Crippen LogP contribution < -0.4 is 0 Å². The molecule has 138 valence electrons. The SMILES string of the molecule is FCC/C=C/C1CCC(c2ccc(-c3ccc(C(F)F)cc3)cc2)CC1. The van der Waals surface area contributed by atoms with E-state index in [4.69, 9.17) is 0 Å². The van der Waals surface area contributed by atoms with E-state index < -0.39 is 6.43 Å². The summed E-state index contributed by atoms with van der Waals surface area (Å²) in [4.78, 5) is 0. The number of alkyl halides is 3. The molecular formula is C23H25F3. The summed E-state index contributed by atoms with van der Waals surface area (Å²) in [6.07, 6.45) is 6.89. The van der Waals surface area contributed by atoms with E-state index in [-0.39, 0.29) is 12.2 Å². The third-order valence-electron chi connectivity index (χ3n) is 5.33. The second kappa shape index (κ2) is 9.07. The van der Waals surface area contributed by atoms with Crippen LogP contribution in [0, 0.1) is 5.92 Å². The smallest absolute Gasteiger partial charge is 0.251 e. The fourth-order valence-electron chi connectivity index (χ4n) is 3.77. The van der Waals surface area contributed by atoms with Gasteiger partial charge in [0.05, 0.1) is 6.67 Å². The standard InChI is InChI=1S/C23H25F3/c24-16-2-1-3-17-4-6-18(7-5-17)19-8-10-20(11-9-19)21-12-14-22(15-13-21)23(25)26/h1,3,8-15,17-18,23H,2,4-7,16H2/b3-1+. The zero-order valence-electron chi connectivity index (χ0n) is 14.9. The lowest BCUT2D eigenvalue weighted by atomic mass is 9.78. The lowest BCUT2D eigenvalue weighted by molar-refractivity contribution is 0.151. The molecule has 3 rings (SSSR count). The molecule has 0 radical (unpaired) electrons. The Morgan fingerprint density at radius 2 is 1.42 bits per heavy atom. The van der Waals surface area contributed by atoms with Crippen molar-refractivity contribution in [3.05, 3.63) is 71.8 Å². The summed E-state index contributed by atoms with van der Waals surface area (Å²) in [5, 5.41) is 0. The third kappa shape index (κ3) is 4.78. The van der Waals surface area contributed by atoms with Crippen LogP contribution in [0.3, 0.4) is 0 Å². The van der Waals surface area contributed by atoms with E-state index in [9.17, 15) is 13.2 Å². The van der Waals surface area contributed by atoms with Crippen LogP contribution in [0.5, 0.6) is 0 Å². The zero-order valence-corrected chi connectivity index (χ0v) is 14.9. The van der Waals surface area contributed by atoms with Crippen LogP contribution in [0.4, 0.5) is 13.2 Å². The highest BCUT2D eigenvalue weighted by Gasteiger charge is 2.20. The van der Waals surface area contributed by atoms with E-state index in [1.54, 1.807) is 12.1 Å². The molecule has 0 atom stereocenters. The molecule has 0 aliphatic heterocycles. The first-order valence-electron chi connectivity index (χ1n) is 9.38. The molecular weight excluding hydrogens is 333 g/mol. The molecule has 2 aromatic rings. The van der Waals surface area contributed by atoms with Crippen molar-refractivity contribution in [2.75, 3.05) is 6.67 Å². The largest absolute Gasteiger partial charge is 0.263 e. The van der Waals surface area contributed by atoms with Gasteiger partial charge in [-0.05, 0) is 60.6 Å². The Morgan fingerprint density at radius 3 is 1.96 bits per heavy atom. The first-order valence-corrected chi connectivity index (χ1v) is 9.38. The van der Waals surface area contributed by atoms with Crippen molar-refractivity contribution < 1.29 is 13.2 Å². The van der Waals surface area contributed by atoms with Crippen molar-refractivity contribution in [3.8, 4) is 11.1 Å². The van der Waals surface area contributed by atoms with Gasteiger partial charge in [-0.25, -0.2) is 8.78 Å². The minimum atomic E-state index is -2.42. The molecule has 1 aliphatic carbocycles. The molecule has 1 saturated carbocycles. The van der Waals surface area contributed by atoms with Gasteiger partial charge in [0.15, 0.2) is 0 Å². The normalized spacial score (nSPS) is 20.8. The molecule has 0 heterocycles. The van der Waals surface area contributed by atoms with Crippen molar-refractivity contribution in [1.29, 1.82) is 0 Å². The summed E-state index contributed by atoms with van der Waals surface area (Å²) in [7, 11) is 0. The monoisotopic (exact) mass is 358 g/mol. The van der Waals surface area contributed by atoms with Crippen LogP contribution in [0.1, 0.15) is 55.6 Å². The summed E-state index contributed by atoms with van der Waals surface area (Å²) in [5.74, 6) is 1.17. The molecule has 0 bridgehead atoms. The third-order valence-corrected chi connectivity index (χ3v) is 5.33. The Kier molecular flexibility index (Phi) is 6.54. The fraction of sp³-hybridized carbons (Fsp3) is 0.391. The molecule has 0 amide bonds. The Morgan fingerprint density at radius 1 is 0.846 bits per heavy atom. The lowest BCUT2D eigenvalue weighted by Crippen LogP contribution is -2.11. The van der Waals surface area contributed by atoms with E-state index in [1.165, 1.54) is 17.7 Å². The van der Waals surface area contributed by atoms with Gasteiger partial charge in [-0.15, -0.1) is 0 Å². The highest BCUT2D eigenvalue weighted by Crippen LogP contribution is 2.37.